The summed E-state index contributed by atoms with van der Waals surface area (Å²) in [5.74, 6) is 0. The SMILES string of the molecule is C=CC(Br)[P+](c1ccccc1)(c1ccccc1)c1ccccc1.[Br-]. The average molecular weight is 462 g/mol. The lowest BCUT2D eigenvalue weighted by molar-refractivity contribution is -0.00000431. The van der Waals surface area contributed by atoms with E-state index in [4.69, 9.17) is 0 Å². The lowest BCUT2D eigenvalue weighted by atomic mass is 10.4. The molecule has 0 fully saturated rings. The summed E-state index contributed by atoms with van der Waals surface area (Å²) in [5, 5.41) is 4.08. The maximum absolute atomic E-state index is 4.08. The van der Waals surface area contributed by atoms with Crippen LogP contribution in [0, 0.1) is 0 Å². The Morgan fingerprint density at radius 1 is 0.667 bits per heavy atom. The van der Waals surface area contributed by atoms with Gasteiger partial charge in [-0.05, 0) is 58.4 Å². The predicted molar refractivity (Wildman–Crippen MR) is 108 cm³/mol. The van der Waals surface area contributed by atoms with Crippen molar-refractivity contribution in [1.29, 1.82) is 0 Å². The summed E-state index contributed by atoms with van der Waals surface area (Å²) in [6.45, 7) is 4.08. The third-order valence-corrected chi connectivity index (χ3v) is 10.6. The van der Waals surface area contributed by atoms with Gasteiger partial charge in [-0.2, -0.15) is 0 Å². The summed E-state index contributed by atoms with van der Waals surface area (Å²) in [4.78, 5) is 0. The summed E-state index contributed by atoms with van der Waals surface area (Å²) in [7, 11) is -1.85. The molecule has 0 aliphatic rings. The van der Waals surface area contributed by atoms with Gasteiger partial charge >= 0.3 is 0 Å². The van der Waals surface area contributed by atoms with Gasteiger partial charge in [0.15, 0.2) is 4.57 Å². The zero-order valence-electron chi connectivity index (χ0n) is 13.2. The molecule has 0 amide bonds. The van der Waals surface area contributed by atoms with Crippen molar-refractivity contribution in [1.82, 2.24) is 0 Å². The van der Waals surface area contributed by atoms with E-state index in [1.54, 1.807) is 0 Å². The summed E-state index contributed by atoms with van der Waals surface area (Å²) < 4.78 is 0.183. The summed E-state index contributed by atoms with van der Waals surface area (Å²) in [6, 6.07) is 32.4. The Morgan fingerprint density at radius 2 is 0.958 bits per heavy atom. The topological polar surface area (TPSA) is 0 Å². The Morgan fingerprint density at radius 3 is 1.21 bits per heavy atom. The quantitative estimate of drug-likeness (QED) is 0.309. The molecule has 1 unspecified atom stereocenters. The number of rotatable bonds is 5. The zero-order valence-corrected chi connectivity index (χ0v) is 17.3. The maximum atomic E-state index is 4.08. The van der Waals surface area contributed by atoms with E-state index in [0.717, 1.165) is 0 Å². The molecule has 0 heterocycles. The first-order valence-corrected chi connectivity index (χ1v) is 10.4. The minimum Gasteiger partial charge on any atom is -1.00 e. The highest BCUT2D eigenvalue weighted by atomic mass is 79.9. The van der Waals surface area contributed by atoms with Gasteiger partial charge in [-0.3, -0.25) is 0 Å². The molecular weight excluding hydrogens is 443 g/mol. The van der Waals surface area contributed by atoms with E-state index in [1.165, 1.54) is 15.9 Å². The van der Waals surface area contributed by atoms with Crippen molar-refractivity contribution in [2.24, 2.45) is 0 Å². The van der Waals surface area contributed by atoms with Gasteiger partial charge in [0.25, 0.3) is 0 Å². The molecule has 0 aliphatic carbocycles. The van der Waals surface area contributed by atoms with Crippen LogP contribution in [0.15, 0.2) is 104 Å². The average Bonchev–Trinajstić information content (AvgIpc) is 2.65. The molecule has 3 heteroatoms. The van der Waals surface area contributed by atoms with E-state index < -0.39 is 7.26 Å². The lowest BCUT2D eigenvalue weighted by Crippen LogP contribution is -3.00. The van der Waals surface area contributed by atoms with Crippen molar-refractivity contribution in [3.05, 3.63) is 104 Å². The molecule has 3 aromatic carbocycles. The number of hydrogen-bond donors (Lipinski definition) is 0. The smallest absolute Gasteiger partial charge is 0.155 e. The van der Waals surface area contributed by atoms with E-state index in [1.807, 2.05) is 6.08 Å². The van der Waals surface area contributed by atoms with Crippen LogP contribution < -0.4 is 32.9 Å². The van der Waals surface area contributed by atoms with Crippen LogP contribution in [-0.4, -0.2) is 4.57 Å². The molecule has 0 saturated heterocycles. The molecule has 0 radical (unpaired) electrons. The van der Waals surface area contributed by atoms with Gasteiger partial charge in [-0.25, -0.2) is 0 Å². The first-order chi connectivity index (χ1) is 11.3. The second-order valence-corrected chi connectivity index (χ2v) is 10.6. The van der Waals surface area contributed by atoms with E-state index in [9.17, 15) is 0 Å². The molecule has 3 rings (SSSR count). The van der Waals surface area contributed by atoms with Crippen molar-refractivity contribution in [3.8, 4) is 0 Å². The van der Waals surface area contributed by atoms with Crippen LogP contribution >= 0.6 is 23.2 Å². The fourth-order valence-electron chi connectivity index (χ4n) is 3.02. The Balaban J connectivity index is 0.00000208. The Bertz CT molecular complexity index is 661. The largest absolute Gasteiger partial charge is 1.00 e. The first-order valence-electron chi connectivity index (χ1n) is 7.62. The molecular formula is C21H19Br2P. The monoisotopic (exact) mass is 460 g/mol. The third kappa shape index (κ3) is 3.42. The van der Waals surface area contributed by atoms with Crippen LogP contribution in [0.1, 0.15) is 0 Å². The molecule has 0 nitrogen and oxygen atoms in total. The maximum Gasteiger partial charge on any atom is 0.155 e. The molecule has 3 aromatic rings. The van der Waals surface area contributed by atoms with E-state index in [2.05, 4.69) is 114 Å². The molecule has 122 valence electrons. The Hall–Kier alpha value is -1.21. The highest BCUT2D eigenvalue weighted by Gasteiger charge is 2.50. The lowest BCUT2D eigenvalue weighted by Gasteiger charge is -2.30. The number of halogens is 2. The minimum absolute atomic E-state index is 0. The van der Waals surface area contributed by atoms with Gasteiger partial charge in [-0.1, -0.05) is 61.2 Å². The van der Waals surface area contributed by atoms with Crippen molar-refractivity contribution in [3.63, 3.8) is 0 Å². The van der Waals surface area contributed by atoms with Gasteiger partial charge in [0, 0.05) is 0 Å². The molecule has 24 heavy (non-hydrogen) atoms. The predicted octanol–water partition coefficient (Wildman–Crippen LogP) is 1.89. The summed E-state index contributed by atoms with van der Waals surface area (Å²) in [6.07, 6.45) is 2.03. The van der Waals surface area contributed by atoms with Crippen LogP contribution in [0.25, 0.3) is 0 Å². The molecule has 0 aromatic heterocycles. The zero-order chi connectivity index (χ0) is 16.1. The Labute approximate surface area is 163 Å². The van der Waals surface area contributed by atoms with Crippen LogP contribution in [0.2, 0.25) is 0 Å². The number of hydrogen-bond acceptors (Lipinski definition) is 0. The highest BCUT2D eigenvalue weighted by Crippen LogP contribution is 2.62. The van der Waals surface area contributed by atoms with Gasteiger partial charge in [0.2, 0.25) is 0 Å². The molecule has 0 bridgehead atoms. The normalized spacial score (nSPS) is 12.0. The molecule has 1 atom stereocenters. The number of allylic oxidation sites excluding steroid dienone is 1. The molecule has 0 spiro atoms. The standard InChI is InChI=1S/C21H19BrP.BrH/c1-2-21(22)23(18-12-6-3-7-13-18,19-14-8-4-9-15-19)20-16-10-5-11-17-20;/h2-17,21H,1H2;1H/q+1;/p-1. The van der Waals surface area contributed by atoms with Crippen LogP contribution in [-0.2, 0) is 0 Å². The Kier molecular flexibility index (Phi) is 6.98. The van der Waals surface area contributed by atoms with Gasteiger partial charge in [-0.15, -0.1) is 0 Å². The molecule has 0 aliphatic heterocycles. The van der Waals surface area contributed by atoms with Gasteiger partial charge in [0.05, 0.1) is 0 Å². The van der Waals surface area contributed by atoms with Crippen LogP contribution in [0.5, 0.6) is 0 Å². The van der Waals surface area contributed by atoms with Crippen molar-refractivity contribution >= 4 is 39.1 Å². The minimum atomic E-state index is -1.85. The fraction of sp³-hybridized carbons (Fsp3) is 0.0476. The second kappa shape index (κ2) is 8.76. The third-order valence-electron chi connectivity index (χ3n) is 4.05. The summed E-state index contributed by atoms with van der Waals surface area (Å²) >= 11 is 3.94. The fourth-order valence-corrected chi connectivity index (χ4v) is 9.14. The van der Waals surface area contributed by atoms with Crippen molar-refractivity contribution < 1.29 is 17.0 Å². The summed E-state index contributed by atoms with van der Waals surface area (Å²) in [5.41, 5.74) is 0. The van der Waals surface area contributed by atoms with E-state index in [0.29, 0.717) is 0 Å². The second-order valence-electron chi connectivity index (χ2n) is 5.34. The molecule has 0 N–H and O–H groups in total. The van der Waals surface area contributed by atoms with Crippen LogP contribution in [0.4, 0.5) is 0 Å². The van der Waals surface area contributed by atoms with E-state index >= 15 is 0 Å². The van der Waals surface area contributed by atoms with Gasteiger partial charge in [0.1, 0.15) is 23.2 Å². The van der Waals surface area contributed by atoms with Gasteiger partial charge < -0.3 is 17.0 Å². The van der Waals surface area contributed by atoms with E-state index in [-0.39, 0.29) is 21.5 Å². The highest BCUT2D eigenvalue weighted by molar-refractivity contribution is 9.11. The molecule has 0 saturated carbocycles. The van der Waals surface area contributed by atoms with Crippen LogP contribution in [0.3, 0.4) is 0 Å². The number of benzene rings is 3. The number of alkyl halides is 1. The van der Waals surface area contributed by atoms with Crippen molar-refractivity contribution in [2.45, 2.75) is 4.57 Å². The first kappa shape index (κ1) is 19.1. The van der Waals surface area contributed by atoms with Crippen molar-refractivity contribution in [2.75, 3.05) is 0 Å².